The molecule has 1 saturated carbocycles. The number of hydrogen-bond acceptors (Lipinski definition) is 3. The molecule has 0 bridgehead atoms. The zero-order valence-corrected chi connectivity index (χ0v) is 12.3. The molecule has 4 nitrogen and oxygen atoms in total. The van der Waals surface area contributed by atoms with Gasteiger partial charge in [-0.3, -0.25) is 0 Å². The van der Waals surface area contributed by atoms with Gasteiger partial charge in [-0.15, -0.1) is 0 Å². The first kappa shape index (κ1) is 14.4. The third-order valence-corrected chi connectivity index (χ3v) is 4.03. The molecule has 0 spiro atoms. The van der Waals surface area contributed by atoms with E-state index < -0.39 is 0 Å². The molecule has 1 N–H and O–H groups in total. The molecule has 1 heterocycles. The van der Waals surface area contributed by atoms with Crippen molar-refractivity contribution in [3.05, 3.63) is 12.4 Å². The number of anilines is 1. The van der Waals surface area contributed by atoms with Gasteiger partial charge in [-0.25, -0.2) is 4.98 Å². The molecule has 4 heteroatoms. The molecule has 0 aromatic carbocycles. The van der Waals surface area contributed by atoms with Crippen LogP contribution in [-0.4, -0.2) is 28.8 Å². The van der Waals surface area contributed by atoms with E-state index in [-0.39, 0.29) is 0 Å². The lowest BCUT2D eigenvalue weighted by Crippen LogP contribution is -2.31. The van der Waals surface area contributed by atoms with Crippen molar-refractivity contribution in [1.29, 1.82) is 0 Å². The number of aryl methyl sites for hydroxylation is 1. The second kappa shape index (κ2) is 7.53. The fourth-order valence-electron chi connectivity index (χ4n) is 2.81. The number of nitrogens with zero attached hydrogens (tertiary/aromatic N) is 2. The van der Waals surface area contributed by atoms with Crippen molar-refractivity contribution < 1.29 is 4.74 Å². The molecule has 1 aromatic rings. The topological polar surface area (TPSA) is 39.1 Å². The van der Waals surface area contributed by atoms with Gasteiger partial charge < -0.3 is 14.6 Å². The van der Waals surface area contributed by atoms with E-state index in [0.29, 0.717) is 6.04 Å². The molecular weight excluding hydrogens is 238 g/mol. The number of nitrogens with one attached hydrogen (secondary N) is 1. The Morgan fingerprint density at radius 2 is 2.26 bits per heavy atom. The normalized spacial score (nSPS) is 23.5. The Bertz CT molecular complexity index is 364. The summed E-state index contributed by atoms with van der Waals surface area (Å²) in [5, 5.41) is 3.63. The predicted octanol–water partition coefficient (Wildman–Crippen LogP) is 3.30. The molecule has 1 aromatic heterocycles. The Morgan fingerprint density at radius 3 is 3.05 bits per heavy atom. The fraction of sp³-hybridized carbons (Fsp3) is 0.800. The van der Waals surface area contributed by atoms with Crippen LogP contribution in [0.1, 0.15) is 46.0 Å². The van der Waals surface area contributed by atoms with E-state index in [1.54, 1.807) is 0 Å². The van der Waals surface area contributed by atoms with E-state index in [9.17, 15) is 0 Å². The van der Waals surface area contributed by atoms with Crippen molar-refractivity contribution >= 4 is 5.95 Å². The SMILES string of the molecule is CCOCCCn1ccnc1NC1CCCCC1C. The van der Waals surface area contributed by atoms with Crippen LogP contribution in [0, 0.1) is 5.92 Å². The summed E-state index contributed by atoms with van der Waals surface area (Å²) >= 11 is 0. The number of aromatic nitrogens is 2. The minimum Gasteiger partial charge on any atom is -0.382 e. The fourth-order valence-corrected chi connectivity index (χ4v) is 2.81. The van der Waals surface area contributed by atoms with Crippen LogP contribution in [0.2, 0.25) is 0 Å². The summed E-state index contributed by atoms with van der Waals surface area (Å²) in [5.74, 6) is 1.78. The maximum absolute atomic E-state index is 5.38. The molecule has 1 aliphatic rings. The van der Waals surface area contributed by atoms with Gasteiger partial charge in [-0.2, -0.15) is 0 Å². The van der Waals surface area contributed by atoms with Gasteiger partial charge in [0.1, 0.15) is 0 Å². The van der Waals surface area contributed by atoms with Gasteiger partial charge >= 0.3 is 0 Å². The van der Waals surface area contributed by atoms with Gasteiger partial charge in [0.2, 0.25) is 5.95 Å². The lowest BCUT2D eigenvalue weighted by Gasteiger charge is -2.30. The van der Waals surface area contributed by atoms with Crippen molar-refractivity contribution in [2.24, 2.45) is 5.92 Å². The van der Waals surface area contributed by atoms with E-state index in [2.05, 4.69) is 28.0 Å². The van der Waals surface area contributed by atoms with Crippen LogP contribution in [0.3, 0.4) is 0 Å². The molecule has 0 aliphatic heterocycles. The monoisotopic (exact) mass is 265 g/mol. The highest BCUT2D eigenvalue weighted by Crippen LogP contribution is 2.26. The minimum atomic E-state index is 0.585. The van der Waals surface area contributed by atoms with Gasteiger partial charge in [-0.1, -0.05) is 19.8 Å². The zero-order valence-electron chi connectivity index (χ0n) is 12.3. The zero-order chi connectivity index (χ0) is 13.5. The molecule has 19 heavy (non-hydrogen) atoms. The predicted molar refractivity (Wildman–Crippen MR) is 78.4 cm³/mol. The molecule has 0 amide bonds. The van der Waals surface area contributed by atoms with Crippen molar-refractivity contribution in [2.75, 3.05) is 18.5 Å². The molecule has 2 rings (SSSR count). The van der Waals surface area contributed by atoms with Crippen molar-refractivity contribution in [3.63, 3.8) is 0 Å². The Kier molecular flexibility index (Phi) is 5.70. The second-order valence-electron chi connectivity index (χ2n) is 5.51. The van der Waals surface area contributed by atoms with Crippen LogP contribution in [0.25, 0.3) is 0 Å². The standard InChI is InChI=1S/C15H27N3O/c1-3-19-12-6-10-18-11-9-16-15(18)17-14-8-5-4-7-13(14)2/h9,11,13-14H,3-8,10,12H2,1-2H3,(H,16,17). The van der Waals surface area contributed by atoms with Crippen molar-refractivity contribution in [1.82, 2.24) is 9.55 Å². The third kappa shape index (κ3) is 4.23. The highest BCUT2D eigenvalue weighted by Gasteiger charge is 2.22. The van der Waals surface area contributed by atoms with Gasteiger partial charge in [0.05, 0.1) is 0 Å². The quantitative estimate of drug-likeness (QED) is 0.769. The first-order chi connectivity index (χ1) is 9.31. The minimum absolute atomic E-state index is 0.585. The van der Waals surface area contributed by atoms with E-state index in [1.807, 2.05) is 13.1 Å². The molecule has 0 radical (unpaired) electrons. The van der Waals surface area contributed by atoms with Crippen molar-refractivity contribution in [2.45, 2.75) is 58.5 Å². The Labute approximate surface area is 116 Å². The lowest BCUT2D eigenvalue weighted by molar-refractivity contribution is 0.141. The highest BCUT2D eigenvalue weighted by atomic mass is 16.5. The molecule has 1 fully saturated rings. The molecule has 2 unspecified atom stereocenters. The number of hydrogen-bond donors (Lipinski definition) is 1. The van der Waals surface area contributed by atoms with Gasteiger partial charge in [-0.05, 0) is 32.1 Å². The van der Waals surface area contributed by atoms with E-state index in [1.165, 1.54) is 25.7 Å². The maximum atomic E-state index is 5.38. The van der Waals surface area contributed by atoms with E-state index >= 15 is 0 Å². The van der Waals surface area contributed by atoms with E-state index in [0.717, 1.165) is 38.0 Å². The van der Waals surface area contributed by atoms with Crippen LogP contribution in [-0.2, 0) is 11.3 Å². The van der Waals surface area contributed by atoms with Crippen LogP contribution in [0.4, 0.5) is 5.95 Å². The maximum Gasteiger partial charge on any atom is 0.202 e. The second-order valence-corrected chi connectivity index (χ2v) is 5.51. The first-order valence-corrected chi connectivity index (χ1v) is 7.66. The summed E-state index contributed by atoms with van der Waals surface area (Å²) in [6.45, 7) is 6.99. The highest BCUT2D eigenvalue weighted by molar-refractivity contribution is 5.28. The summed E-state index contributed by atoms with van der Waals surface area (Å²) in [4.78, 5) is 4.45. The molecular formula is C15H27N3O. The largest absolute Gasteiger partial charge is 0.382 e. The van der Waals surface area contributed by atoms with Crippen molar-refractivity contribution in [3.8, 4) is 0 Å². The smallest absolute Gasteiger partial charge is 0.202 e. The van der Waals surface area contributed by atoms with Gasteiger partial charge in [0.25, 0.3) is 0 Å². The van der Waals surface area contributed by atoms with Gasteiger partial charge in [0.15, 0.2) is 0 Å². The van der Waals surface area contributed by atoms with E-state index in [4.69, 9.17) is 4.74 Å². The Hall–Kier alpha value is -1.03. The number of ether oxygens (including phenoxy) is 1. The summed E-state index contributed by atoms with van der Waals surface area (Å²) in [5.41, 5.74) is 0. The number of rotatable bonds is 7. The van der Waals surface area contributed by atoms with Gasteiger partial charge in [0, 0.05) is 38.2 Å². The van der Waals surface area contributed by atoms with Crippen LogP contribution in [0.15, 0.2) is 12.4 Å². The average Bonchev–Trinajstić information content (AvgIpc) is 2.85. The van der Waals surface area contributed by atoms with Crippen LogP contribution >= 0.6 is 0 Å². The Balaban J connectivity index is 1.84. The summed E-state index contributed by atoms with van der Waals surface area (Å²) in [6, 6.07) is 0.585. The molecule has 2 atom stereocenters. The molecule has 0 saturated heterocycles. The summed E-state index contributed by atoms with van der Waals surface area (Å²) in [6.07, 6.45) is 10.3. The first-order valence-electron chi connectivity index (χ1n) is 7.66. The lowest BCUT2D eigenvalue weighted by atomic mass is 9.86. The molecule has 108 valence electrons. The third-order valence-electron chi connectivity index (χ3n) is 4.03. The average molecular weight is 265 g/mol. The van der Waals surface area contributed by atoms with Crippen LogP contribution < -0.4 is 5.32 Å². The molecule has 1 aliphatic carbocycles. The summed E-state index contributed by atoms with van der Waals surface area (Å²) in [7, 11) is 0. The Morgan fingerprint density at radius 1 is 1.42 bits per heavy atom. The summed E-state index contributed by atoms with van der Waals surface area (Å²) < 4.78 is 7.59. The van der Waals surface area contributed by atoms with Crippen LogP contribution in [0.5, 0.6) is 0 Å². The number of imidazole rings is 1.